The molecular weight excluding hydrogens is 503 g/mol. The van der Waals surface area contributed by atoms with Gasteiger partial charge >= 0.3 is 6.18 Å². The SMILES string of the molecule is COc1cc(N2CCN(C(=O)CN3N=C(C(F)(F)F)C(Cl)C3CN)[C@@H](C)C2)ccc1Br. The van der Waals surface area contributed by atoms with Crippen LogP contribution in [0.1, 0.15) is 6.92 Å². The van der Waals surface area contributed by atoms with Crippen molar-refractivity contribution < 1.29 is 22.7 Å². The zero-order valence-electron chi connectivity index (χ0n) is 17.1. The summed E-state index contributed by atoms with van der Waals surface area (Å²) in [6.45, 7) is 3.04. The number of anilines is 1. The number of nitrogens with two attached hydrogens (primary N) is 1. The summed E-state index contributed by atoms with van der Waals surface area (Å²) >= 11 is 9.35. The number of alkyl halides is 4. The molecular formula is C19H24BrClF3N5O2. The quantitative estimate of drug-likeness (QED) is 0.597. The van der Waals surface area contributed by atoms with E-state index in [-0.39, 0.29) is 25.0 Å². The molecule has 0 saturated carbocycles. The van der Waals surface area contributed by atoms with Gasteiger partial charge in [0.25, 0.3) is 0 Å². The molecule has 1 aromatic carbocycles. The number of rotatable bonds is 5. The highest BCUT2D eigenvalue weighted by molar-refractivity contribution is 9.10. The second-order valence-electron chi connectivity index (χ2n) is 7.49. The number of methoxy groups -OCH3 is 1. The Labute approximate surface area is 192 Å². The van der Waals surface area contributed by atoms with Crippen molar-refractivity contribution in [3.05, 3.63) is 22.7 Å². The Kier molecular flexibility index (Phi) is 7.27. The van der Waals surface area contributed by atoms with Gasteiger partial charge < -0.3 is 20.3 Å². The first-order chi connectivity index (χ1) is 14.6. The lowest BCUT2D eigenvalue weighted by atomic mass is 10.1. The number of benzene rings is 1. The fraction of sp³-hybridized carbons (Fsp3) is 0.579. The molecule has 0 spiro atoms. The molecule has 1 amide bonds. The number of halogens is 5. The Morgan fingerprint density at radius 1 is 1.39 bits per heavy atom. The smallest absolute Gasteiger partial charge is 0.432 e. The van der Waals surface area contributed by atoms with Crippen LogP contribution in [0.3, 0.4) is 0 Å². The maximum absolute atomic E-state index is 13.1. The van der Waals surface area contributed by atoms with E-state index in [2.05, 4.69) is 25.9 Å². The number of hydrogen-bond acceptors (Lipinski definition) is 6. The predicted molar refractivity (Wildman–Crippen MR) is 117 cm³/mol. The summed E-state index contributed by atoms with van der Waals surface area (Å²) in [6, 6.07) is 4.75. The van der Waals surface area contributed by atoms with Gasteiger partial charge in [-0.05, 0) is 35.0 Å². The highest BCUT2D eigenvalue weighted by Gasteiger charge is 2.49. The zero-order valence-corrected chi connectivity index (χ0v) is 19.4. The molecule has 31 heavy (non-hydrogen) atoms. The summed E-state index contributed by atoms with van der Waals surface area (Å²) in [7, 11) is 1.59. The number of nitrogens with zero attached hydrogens (tertiary/aromatic N) is 4. The Balaban J connectivity index is 1.67. The summed E-state index contributed by atoms with van der Waals surface area (Å²) in [4.78, 5) is 16.7. The molecule has 1 fully saturated rings. The van der Waals surface area contributed by atoms with E-state index in [0.717, 1.165) is 15.2 Å². The van der Waals surface area contributed by atoms with Crippen molar-refractivity contribution in [2.75, 3.05) is 44.7 Å². The molecule has 2 aliphatic heterocycles. The van der Waals surface area contributed by atoms with Crippen LogP contribution in [0.5, 0.6) is 5.75 Å². The third-order valence-electron chi connectivity index (χ3n) is 5.49. The first-order valence-electron chi connectivity index (χ1n) is 9.71. The number of piperazine rings is 1. The molecule has 0 aromatic heterocycles. The third kappa shape index (κ3) is 5.04. The molecule has 12 heteroatoms. The van der Waals surface area contributed by atoms with Gasteiger partial charge in [-0.25, -0.2) is 0 Å². The normalized spacial score (nSPS) is 24.5. The molecule has 2 unspecified atom stereocenters. The number of carbonyl (C=O) groups excluding carboxylic acids is 1. The predicted octanol–water partition coefficient (Wildman–Crippen LogP) is 2.66. The molecule has 0 aliphatic carbocycles. The summed E-state index contributed by atoms with van der Waals surface area (Å²) in [5.74, 6) is 0.398. The van der Waals surface area contributed by atoms with Crippen molar-refractivity contribution in [2.45, 2.75) is 30.6 Å². The van der Waals surface area contributed by atoms with E-state index in [1.54, 1.807) is 12.0 Å². The van der Waals surface area contributed by atoms with Crippen molar-refractivity contribution in [3.8, 4) is 5.75 Å². The first-order valence-corrected chi connectivity index (χ1v) is 10.9. The average molecular weight is 527 g/mol. The zero-order chi connectivity index (χ0) is 22.9. The summed E-state index contributed by atoms with van der Waals surface area (Å²) < 4.78 is 45.6. The lowest BCUT2D eigenvalue weighted by Crippen LogP contribution is -2.56. The maximum Gasteiger partial charge on any atom is 0.432 e. The molecule has 1 saturated heterocycles. The van der Waals surface area contributed by atoms with Crippen LogP contribution < -0.4 is 15.4 Å². The van der Waals surface area contributed by atoms with Crippen molar-refractivity contribution in [3.63, 3.8) is 0 Å². The van der Waals surface area contributed by atoms with Crippen LogP contribution in [0.4, 0.5) is 18.9 Å². The molecule has 0 bridgehead atoms. The van der Waals surface area contributed by atoms with E-state index >= 15 is 0 Å². The summed E-state index contributed by atoms with van der Waals surface area (Å²) in [6.07, 6.45) is -4.66. The monoisotopic (exact) mass is 525 g/mol. The number of hydrazone groups is 1. The average Bonchev–Trinajstić information content (AvgIpc) is 3.03. The number of ether oxygens (including phenoxy) is 1. The van der Waals surface area contributed by atoms with Gasteiger partial charge in [0.05, 0.1) is 17.6 Å². The van der Waals surface area contributed by atoms with Crippen LogP contribution in [-0.2, 0) is 4.79 Å². The second-order valence-corrected chi connectivity index (χ2v) is 8.81. The minimum absolute atomic E-state index is 0.140. The van der Waals surface area contributed by atoms with Crippen LogP contribution in [0.2, 0.25) is 0 Å². The van der Waals surface area contributed by atoms with E-state index in [1.165, 1.54) is 0 Å². The van der Waals surface area contributed by atoms with E-state index in [1.807, 2.05) is 25.1 Å². The van der Waals surface area contributed by atoms with Crippen LogP contribution >= 0.6 is 27.5 Å². The van der Waals surface area contributed by atoms with Crippen molar-refractivity contribution in [1.82, 2.24) is 9.91 Å². The van der Waals surface area contributed by atoms with Gasteiger partial charge in [0.15, 0.2) is 5.71 Å². The molecule has 1 aromatic rings. The highest BCUT2D eigenvalue weighted by atomic mass is 79.9. The van der Waals surface area contributed by atoms with Crippen LogP contribution in [-0.4, -0.2) is 85.0 Å². The van der Waals surface area contributed by atoms with Crippen LogP contribution in [0, 0.1) is 0 Å². The Bertz CT molecular complexity index is 856. The van der Waals surface area contributed by atoms with Gasteiger partial charge in [-0.3, -0.25) is 9.80 Å². The minimum atomic E-state index is -4.66. The second kappa shape index (κ2) is 9.41. The maximum atomic E-state index is 13.1. The molecule has 2 aliphatic rings. The molecule has 3 atom stereocenters. The van der Waals surface area contributed by atoms with Gasteiger partial charge in [-0.15, -0.1) is 11.6 Å². The molecule has 2 heterocycles. The number of amides is 1. The van der Waals surface area contributed by atoms with E-state index in [4.69, 9.17) is 22.1 Å². The van der Waals surface area contributed by atoms with Gasteiger partial charge in [-0.1, -0.05) is 0 Å². The lowest BCUT2D eigenvalue weighted by Gasteiger charge is -2.41. The number of carbonyl (C=O) groups is 1. The van der Waals surface area contributed by atoms with Crippen LogP contribution in [0.25, 0.3) is 0 Å². The van der Waals surface area contributed by atoms with Gasteiger partial charge in [-0.2, -0.15) is 18.3 Å². The molecule has 3 rings (SSSR count). The summed E-state index contributed by atoms with van der Waals surface area (Å²) in [5.41, 5.74) is 5.46. The highest BCUT2D eigenvalue weighted by Crippen LogP contribution is 2.32. The first kappa shape index (κ1) is 23.9. The Hall–Kier alpha value is -1.72. The minimum Gasteiger partial charge on any atom is -0.495 e. The molecule has 172 valence electrons. The van der Waals surface area contributed by atoms with Gasteiger partial charge in [0.1, 0.15) is 17.7 Å². The Morgan fingerprint density at radius 2 is 2.10 bits per heavy atom. The van der Waals surface area contributed by atoms with Crippen molar-refractivity contribution >= 4 is 44.8 Å². The molecule has 0 radical (unpaired) electrons. The summed E-state index contributed by atoms with van der Waals surface area (Å²) in [5, 5.41) is 3.25. The topological polar surface area (TPSA) is 74.4 Å². The van der Waals surface area contributed by atoms with E-state index < -0.39 is 23.3 Å². The van der Waals surface area contributed by atoms with Crippen molar-refractivity contribution in [2.24, 2.45) is 10.8 Å². The van der Waals surface area contributed by atoms with Gasteiger partial charge in [0, 0.05) is 44.0 Å². The molecule has 7 nitrogen and oxygen atoms in total. The fourth-order valence-corrected chi connectivity index (χ4v) is 4.65. The standard InChI is InChI=1S/C19H24BrClF3N5O2/c1-11-9-27(12-3-4-13(20)15(7-12)31-2)5-6-28(11)16(30)10-29-14(8-25)17(21)18(26-29)19(22,23)24/h3-4,7,11,14,17H,5-6,8-10,25H2,1-2H3/t11-,14?,17?/m0/s1. The lowest BCUT2D eigenvalue weighted by molar-refractivity contribution is -0.135. The largest absolute Gasteiger partial charge is 0.495 e. The number of hydrogen-bond donors (Lipinski definition) is 1. The molecule has 2 N–H and O–H groups in total. The van der Waals surface area contributed by atoms with E-state index in [0.29, 0.717) is 25.4 Å². The van der Waals surface area contributed by atoms with Crippen LogP contribution in [0.15, 0.2) is 27.8 Å². The fourth-order valence-electron chi connectivity index (χ4n) is 3.85. The Morgan fingerprint density at radius 3 is 2.68 bits per heavy atom. The third-order valence-corrected chi connectivity index (χ3v) is 6.65. The van der Waals surface area contributed by atoms with Gasteiger partial charge in [0.2, 0.25) is 5.91 Å². The van der Waals surface area contributed by atoms with Crippen molar-refractivity contribution in [1.29, 1.82) is 0 Å². The van der Waals surface area contributed by atoms with E-state index in [9.17, 15) is 18.0 Å².